The van der Waals surface area contributed by atoms with Crippen LogP contribution in [0.3, 0.4) is 0 Å². The number of halogens is 2. The number of benzene rings is 1. The number of carbonyl (C=O) groups excluding carboxylic acids is 1. The first kappa shape index (κ1) is 19.8. The lowest BCUT2D eigenvalue weighted by atomic mass is 10.0. The van der Waals surface area contributed by atoms with Crippen molar-refractivity contribution >= 4 is 41.6 Å². The van der Waals surface area contributed by atoms with Crippen molar-refractivity contribution in [2.75, 3.05) is 36.4 Å². The van der Waals surface area contributed by atoms with E-state index in [1.807, 2.05) is 18.2 Å². The quantitative estimate of drug-likeness (QED) is 0.807. The maximum atomic E-state index is 12.3. The van der Waals surface area contributed by atoms with Crippen molar-refractivity contribution in [3.05, 3.63) is 46.7 Å². The Kier molecular flexibility index (Phi) is 6.49. The minimum absolute atomic E-state index is 0. The zero-order chi connectivity index (χ0) is 17.9. The van der Waals surface area contributed by atoms with E-state index in [4.69, 9.17) is 16.3 Å². The van der Waals surface area contributed by atoms with Crippen molar-refractivity contribution < 1.29 is 9.53 Å². The predicted octanol–water partition coefficient (Wildman–Crippen LogP) is 2.56. The van der Waals surface area contributed by atoms with Gasteiger partial charge in [0.25, 0.3) is 0 Å². The molecule has 1 atom stereocenters. The van der Waals surface area contributed by atoms with Crippen molar-refractivity contribution in [3.63, 3.8) is 0 Å². The van der Waals surface area contributed by atoms with E-state index in [1.54, 1.807) is 12.4 Å². The number of aromatic nitrogens is 2. The second-order valence-electron chi connectivity index (χ2n) is 6.39. The number of anilines is 2. The minimum Gasteiger partial charge on any atom is -0.368 e. The third-order valence-corrected chi connectivity index (χ3v) is 4.84. The largest absolute Gasteiger partial charge is 0.368 e. The van der Waals surface area contributed by atoms with Crippen LogP contribution in [0, 0.1) is 0 Å². The van der Waals surface area contributed by atoms with E-state index < -0.39 is 0 Å². The fraction of sp³-hybridized carbons (Fsp3) is 0.389. The van der Waals surface area contributed by atoms with Gasteiger partial charge in [-0.05, 0) is 23.3 Å². The zero-order valence-corrected chi connectivity index (χ0v) is 16.2. The Bertz CT molecular complexity index is 797. The highest BCUT2D eigenvalue weighted by Crippen LogP contribution is 2.34. The molecular formula is C18H21Cl2N5O2. The number of piperazine rings is 1. The Balaban J connectivity index is 0.00000210. The van der Waals surface area contributed by atoms with E-state index in [2.05, 4.69) is 25.5 Å². The van der Waals surface area contributed by atoms with Gasteiger partial charge in [-0.3, -0.25) is 4.79 Å². The van der Waals surface area contributed by atoms with Crippen molar-refractivity contribution in [2.24, 2.45) is 0 Å². The van der Waals surface area contributed by atoms with Gasteiger partial charge in [-0.1, -0.05) is 17.7 Å². The van der Waals surface area contributed by atoms with E-state index >= 15 is 0 Å². The summed E-state index contributed by atoms with van der Waals surface area (Å²) in [6, 6.07) is 5.63. The smallest absolute Gasteiger partial charge is 0.228 e. The molecule has 2 aromatic rings. The second kappa shape index (κ2) is 8.84. The first-order chi connectivity index (χ1) is 12.7. The van der Waals surface area contributed by atoms with Crippen LogP contribution in [0.25, 0.3) is 0 Å². The Labute approximate surface area is 168 Å². The fourth-order valence-electron chi connectivity index (χ4n) is 3.27. The van der Waals surface area contributed by atoms with E-state index in [-0.39, 0.29) is 30.8 Å². The maximum absolute atomic E-state index is 12.3. The summed E-state index contributed by atoms with van der Waals surface area (Å²) in [5.74, 6) is 1.12. The highest BCUT2D eigenvalue weighted by Gasteiger charge is 2.26. The van der Waals surface area contributed by atoms with Gasteiger partial charge in [0, 0.05) is 31.2 Å². The first-order valence-electron chi connectivity index (χ1n) is 8.66. The Morgan fingerprint density at radius 2 is 2.11 bits per heavy atom. The first-order valence-corrected chi connectivity index (χ1v) is 9.04. The fourth-order valence-corrected chi connectivity index (χ4v) is 3.46. The summed E-state index contributed by atoms with van der Waals surface area (Å²) in [5, 5.41) is 6.77. The minimum atomic E-state index is -0.254. The van der Waals surface area contributed by atoms with Gasteiger partial charge < -0.3 is 20.3 Å². The molecule has 9 heteroatoms. The van der Waals surface area contributed by atoms with Gasteiger partial charge in [0.2, 0.25) is 5.91 Å². The standard InChI is InChI=1S/C18H20ClN5O2.ClH/c19-13-1-2-14-12(7-13)11-26-15(14)8-18(25)23-16-9-22-17(10-21-16)24-5-3-20-4-6-24;/h1-2,7,9-10,15,20H,3-6,8,11H2,(H,21,23,25);1H. The van der Waals surface area contributed by atoms with Gasteiger partial charge in [0.1, 0.15) is 5.82 Å². The lowest BCUT2D eigenvalue weighted by molar-refractivity contribution is -0.118. The molecule has 2 N–H and O–H groups in total. The average Bonchev–Trinajstić information content (AvgIpc) is 3.04. The molecule has 2 aliphatic heterocycles. The van der Waals surface area contributed by atoms with Gasteiger partial charge in [-0.25, -0.2) is 9.97 Å². The lowest BCUT2D eigenvalue weighted by Gasteiger charge is -2.28. The summed E-state index contributed by atoms with van der Waals surface area (Å²) in [4.78, 5) is 23.2. The number of hydrogen-bond acceptors (Lipinski definition) is 6. The summed E-state index contributed by atoms with van der Waals surface area (Å²) >= 11 is 6.00. The third kappa shape index (κ3) is 4.68. The molecule has 0 radical (unpaired) electrons. The molecular weight excluding hydrogens is 389 g/mol. The molecule has 1 fully saturated rings. The molecule has 27 heavy (non-hydrogen) atoms. The molecule has 0 spiro atoms. The van der Waals surface area contributed by atoms with Crippen LogP contribution in [0.1, 0.15) is 23.7 Å². The summed E-state index contributed by atoms with van der Waals surface area (Å²) < 4.78 is 5.72. The van der Waals surface area contributed by atoms with Crippen molar-refractivity contribution in [1.29, 1.82) is 0 Å². The molecule has 0 saturated carbocycles. The maximum Gasteiger partial charge on any atom is 0.228 e. The molecule has 1 saturated heterocycles. The van der Waals surface area contributed by atoms with Gasteiger partial charge in [0.15, 0.2) is 5.82 Å². The average molecular weight is 410 g/mol. The van der Waals surface area contributed by atoms with E-state index in [1.165, 1.54) is 0 Å². The second-order valence-corrected chi connectivity index (χ2v) is 6.83. The van der Waals surface area contributed by atoms with Crippen LogP contribution < -0.4 is 15.5 Å². The summed E-state index contributed by atoms with van der Waals surface area (Å²) in [5.41, 5.74) is 2.06. The normalized spacial score (nSPS) is 18.6. The topological polar surface area (TPSA) is 79.4 Å². The molecule has 1 aromatic heterocycles. The molecule has 1 amide bonds. The number of nitrogens with one attached hydrogen (secondary N) is 2. The van der Waals surface area contributed by atoms with Crippen LogP contribution >= 0.6 is 24.0 Å². The SMILES string of the molecule is Cl.O=C(CC1OCc2cc(Cl)ccc21)Nc1cnc(N2CCNCC2)cn1. The summed E-state index contributed by atoms with van der Waals surface area (Å²) in [7, 11) is 0. The molecule has 1 unspecified atom stereocenters. The van der Waals surface area contributed by atoms with Gasteiger partial charge >= 0.3 is 0 Å². The van der Waals surface area contributed by atoms with Crippen LogP contribution in [0.5, 0.6) is 0 Å². The van der Waals surface area contributed by atoms with Gasteiger partial charge in [-0.2, -0.15) is 0 Å². The van der Waals surface area contributed by atoms with Crippen LogP contribution in [-0.4, -0.2) is 42.1 Å². The molecule has 4 rings (SSSR count). The van der Waals surface area contributed by atoms with Crippen molar-refractivity contribution in [3.8, 4) is 0 Å². The van der Waals surface area contributed by atoms with Crippen LogP contribution in [-0.2, 0) is 16.1 Å². The molecule has 2 aliphatic rings. The van der Waals surface area contributed by atoms with E-state index in [0.29, 0.717) is 17.4 Å². The highest BCUT2D eigenvalue weighted by molar-refractivity contribution is 6.30. The molecule has 7 nitrogen and oxygen atoms in total. The summed E-state index contributed by atoms with van der Waals surface area (Å²) in [6.45, 7) is 4.17. The molecule has 144 valence electrons. The number of fused-ring (bicyclic) bond motifs is 1. The van der Waals surface area contributed by atoms with E-state index in [0.717, 1.165) is 43.1 Å². The molecule has 0 aliphatic carbocycles. The Morgan fingerprint density at radius 1 is 1.30 bits per heavy atom. The number of carbonyl (C=O) groups is 1. The zero-order valence-electron chi connectivity index (χ0n) is 14.7. The van der Waals surface area contributed by atoms with Gasteiger partial charge in [0.05, 0.1) is 31.5 Å². The summed E-state index contributed by atoms with van der Waals surface area (Å²) in [6.07, 6.45) is 3.27. The molecule has 3 heterocycles. The molecule has 0 bridgehead atoms. The number of rotatable bonds is 4. The van der Waals surface area contributed by atoms with Crippen LogP contribution in [0.4, 0.5) is 11.6 Å². The number of ether oxygens (including phenoxy) is 1. The van der Waals surface area contributed by atoms with Crippen molar-refractivity contribution in [1.82, 2.24) is 15.3 Å². The van der Waals surface area contributed by atoms with Crippen LogP contribution in [0.15, 0.2) is 30.6 Å². The number of amides is 1. The Morgan fingerprint density at radius 3 is 2.85 bits per heavy atom. The van der Waals surface area contributed by atoms with Crippen LogP contribution in [0.2, 0.25) is 5.02 Å². The highest BCUT2D eigenvalue weighted by atomic mass is 35.5. The predicted molar refractivity (Wildman–Crippen MR) is 107 cm³/mol. The number of nitrogens with zero attached hydrogens (tertiary/aromatic N) is 3. The number of hydrogen-bond donors (Lipinski definition) is 2. The lowest BCUT2D eigenvalue weighted by Crippen LogP contribution is -2.43. The van der Waals surface area contributed by atoms with E-state index in [9.17, 15) is 4.79 Å². The third-order valence-electron chi connectivity index (χ3n) is 4.61. The molecule has 1 aromatic carbocycles. The van der Waals surface area contributed by atoms with Crippen molar-refractivity contribution in [2.45, 2.75) is 19.1 Å². The Hall–Kier alpha value is -1.93. The monoisotopic (exact) mass is 409 g/mol. The van der Waals surface area contributed by atoms with Gasteiger partial charge in [-0.15, -0.1) is 12.4 Å².